The number of rotatable bonds is 5. The molecule has 4 aromatic heterocycles. The van der Waals surface area contributed by atoms with Crippen LogP contribution in [0.1, 0.15) is 0 Å². The molecule has 0 N–H and O–H groups in total. The zero-order valence-corrected chi connectivity index (χ0v) is 31.2. The van der Waals surface area contributed by atoms with Gasteiger partial charge in [0.15, 0.2) is 17.5 Å². The number of para-hydroxylation sites is 2. The third-order valence-electron chi connectivity index (χ3n) is 11.1. The minimum absolute atomic E-state index is 0.599. The molecule has 0 saturated heterocycles. The van der Waals surface area contributed by atoms with Gasteiger partial charge in [0.25, 0.3) is 0 Å². The van der Waals surface area contributed by atoms with Crippen LogP contribution in [-0.4, -0.2) is 19.5 Å². The van der Waals surface area contributed by atoms with Crippen molar-refractivity contribution in [2.75, 3.05) is 0 Å². The van der Waals surface area contributed by atoms with E-state index in [1.54, 1.807) is 0 Å². The largest absolute Gasteiger partial charge is 0.456 e. The van der Waals surface area contributed by atoms with Crippen LogP contribution in [-0.2, 0) is 0 Å². The van der Waals surface area contributed by atoms with Crippen LogP contribution in [0.4, 0.5) is 0 Å². The van der Waals surface area contributed by atoms with Gasteiger partial charge >= 0.3 is 0 Å². The van der Waals surface area contributed by atoms with E-state index in [0.717, 1.165) is 44.2 Å². The van der Waals surface area contributed by atoms with Gasteiger partial charge in [0, 0.05) is 53.7 Å². The molecule has 0 fully saturated rings. The summed E-state index contributed by atoms with van der Waals surface area (Å²) in [5.41, 5.74) is 10.4. The smallest absolute Gasteiger partial charge is 0.164 e. The van der Waals surface area contributed by atoms with Crippen molar-refractivity contribution in [2.24, 2.45) is 0 Å². The van der Waals surface area contributed by atoms with Crippen LogP contribution in [0.5, 0.6) is 0 Å². The molecule has 6 heteroatoms. The Balaban J connectivity index is 0.991. The molecule has 0 aliphatic carbocycles. The highest BCUT2D eigenvalue weighted by atomic mass is 32.1. The zero-order chi connectivity index (χ0) is 37.5. The maximum atomic E-state index is 6.53. The van der Waals surface area contributed by atoms with Crippen molar-refractivity contribution < 1.29 is 4.42 Å². The van der Waals surface area contributed by atoms with E-state index >= 15 is 0 Å². The fourth-order valence-electron chi connectivity index (χ4n) is 8.45. The Bertz CT molecular complexity index is 3420. The highest BCUT2D eigenvalue weighted by Crippen LogP contribution is 2.45. The minimum atomic E-state index is 0.599. The monoisotopic (exact) mass is 746 g/mol. The van der Waals surface area contributed by atoms with Gasteiger partial charge in [0.2, 0.25) is 0 Å². The van der Waals surface area contributed by atoms with E-state index < -0.39 is 0 Å². The summed E-state index contributed by atoms with van der Waals surface area (Å²) in [6, 6.07) is 63.8. The van der Waals surface area contributed by atoms with E-state index in [2.05, 4.69) is 126 Å². The second-order valence-electron chi connectivity index (χ2n) is 14.4. The molecule has 0 radical (unpaired) electrons. The zero-order valence-electron chi connectivity index (χ0n) is 30.4. The molecule has 8 aromatic carbocycles. The fourth-order valence-corrected chi connectivity index (χ4v) is 9.69. The summed E-state index contributed by atoms with van der Waals surface area (Å²) in [7, 11) is 0. The Morgan fingerprint density at radius 1 is 0.404 bits per heavy atom. The molecule has 0 aliphatic rings. The van der Waals surface area contributed by atoms with Gasteiger partial charge in [0.05, 0.1) is 21.4 Å². The molecular formula is C51H30N4OS. The second-order valence-corrected chi connectivity index (χ2v) is 15.4. The van der Waals surface area contributed by atoms with Crippen LogP contribution < -0.4 is 0 Å². The molecule has 0 aliphatic heterocycles. The van der Waals surface area contributed by atoms with Crippen LogP contribution >= 0.6 is 11.3 Å². The molecule has 0 amide bonds. The number of hydrogen-bond acceptors (Lipinski definition) is 5. The molecular weight excluding hydrogens is 717 g/mol. The molecule has 57 heavy (non-hydrogen) atoms. The van der Waals surface area contributed by atoms with Crippen molar-refractivity contribution in [2.45, 2.75) is 0 Å². The van der Waals surface area contributed by atoms with Crippen molar-refractivity contribution in [3.63, 3.8) is 0 Å². The molecule has 0 unspecified atom stereocenters. The molecule has 0 spiro atoms. The Kier molecular flexibility index (Phi) is 7.03. The molecule has 4 heterocycles. The average molecular weight is 747 g/mol. The lowest BCUT2D eigenvalue weighted by atomic mass is 9.97. The number of benzene rings is 8. The van der Waals surface area contributed by atoms with E-state index in [-0.39, 0.29) is 0 Å². The number of aromatic nitrogens is 4. The molecule has 0 saturated carbocycles. The van der Waals surface area contributed by atoms with E-state index in [1.165, 1.54) is 53.2 Å². The van der Waals surface area contributed by atoms with Gasteiger partial charge in [-0.05, 0) is 59.7 Å². The predicted molar refractivity (Wildman–Crippen MR) is 236 cm³/mol. The Morgan fingerprint density at radius 3 is 1.70 bits per heavy atom. The van der Waals surface area contributed by atoms with E-state index in [1.807, 2.05) is 72.0 Å². The fraction of sp³-hybridized carbons (Fsp3) is 0. The van der Waals surface area contributed by atoms with Crippen molar-refractivity contribution in [1.82, 2.24) is 19.5 Å². The summed E-state index contributed by atoms with van der Waals surface area (Å²) < 4.78 is 11.5. The summed E-state index contributed by atoms with van der Waals surface area (Å²) in [5, 5.41) is 7.18. The van der Waals surface area contributed by atoms with Crippen LogP contribution in [0, 0.1) is 0 Å². The highest BCUT2D eigenvalue weighted by molar-refractivity contribution is 7.26. The molecule has 0 bridgehead atoms. The summed E-state index contributed by atoms with van der Waals surface area (Å²) in [6.45, 7) is 0. The number of thiophene rings is 1. The van der Waals surface area contributed by atoms with Gasteiger partial charge in [0.1, 0.15) is 11.2 Å². The topological polar surface area (TPSA) is 56.7 Å². The van der Waals surface area contributed by atoms with Crippen molar-refractivity contribution in [3.05, 3.63) is 182 Å². The maximum Gasteiger partial charge on any atom is 0.164 e. The second kappa shape index (κ2) is 12.6. The number of nitrogens with zero attached hydrogens (tertiary/aromatic N) is 4. The normalized spacial score (nSPS) is 11.9. The van der Waals surface area contributed by atoms with Gasteiger partial charge in [-0.3, -0.25) is 0 Å². The van der Waals surface area contributed by atoms with Crippen LogP contribution in [0.25, 0.3) is 115 Å². The lowest BCUT2D eigenvalue weighted by Crippen LogP contribution is -2.00. The van der Waals surface area contributed by atoms with Crippen molar-refractivity contribution in [1.29, 1.82) is 0 Å². The summed E-state index contributed by atoms with van der Waals surface area (Å²) in [6.07, 6.45) is 0. The van der Waals surface area contributed by atoms with Gasteiger partial charge in [-0.25, -0.2) is 15.0 Å². The molecule has 12 rings (SSSR count). The first-order valence-electron chi connectivity index (χ1n) is 19.0. The first kappa shape index (κ1) is 31.9. The number of furan rings is 1. The lowest BCUT2D eigenvalue weighted by Gasteiger charge is -2.10. The van der Waals surface area contributed by atoms with Gasteiger partial charge in [-0.15, -0.1) is 11.3 Å². The third-order valence-corrected chi connectivity index (χ3v) is 12.3. The quantitative estimate of drug-likeness (QED) is 0.176. The summed E-state index contributed by atoms with van der Waals surface area (Å²) >= 11 is 1.86. The first-order valence-corrected chi connectivity index (χ1v) is 19.8. The average Bonchev–Trinajstić information content (AvgIpc) is 3.96. The van der Waals surface area contributed by atoms with E-state index in [0.29, 0.717) is 17.5 Å². The minimum Gasteiger partial charge on any atom is -0.456 e. The van der Waals surface area contributed by atoms with Gasteiger partial charge in [-0.1, -0.05) is 133 Å². The van der Waals surface area contributed by atoms with Crippen LogP contribution in [0.2, 0.25) is 0 Å². The van der Waals surface area contributed by atoms with Crippen LogP contribution in [0.3, 0.4) is 0 Å². The van der Waals surface area contributed by atoms with E-state index in [9.17, 15) is 0 Å². The summed E-state index contributed by atoms with van der Waals surface area (Å²) in [4.78, 5) is 14.8. The standard InChI is InChI=1S/C51H30N4OS/c1-3-13-31(14-4-1)49-52-50(32-15-5-2-6-16-32)54-51(53-49)34-25-27-38-40-29-33(26-28-44(40)56-45(38)30-34)35-19-12-24-46-47(35)39-20-11-23-43(48(39)57-46)55-41-21-9-7-17-36(41)37-18-8-10-22-42(37)55/h1-30H. The van der Waals surface area contributed by atoms with Crippen molar-refractivity contribution in [3.8, 4) is 51.0 Å². The van der Waals surface area contributed by atoms with Crippen LogP contribution in [0.15, 0.2) is 186 Å². The summed E-state index contributed by atoms with van der Waals surface area (Å²) in [5.74, 6) is 1.86. The number of hydrogen-bond donors (Lipinski definition) is 0. The Hall–Kier alpha value is -7.41. The van der Waals surface area contributed by atoms with Crippen molar-refractivity contribution >= 4 is 75.3 Å². The highest BCUT2D eigenvalue weighted by Gasteiger charge is 2.19. The number of fused-ring (bicyclic) bond motifs is 9. The predicted octanol–water partition coefficient (Wildman–Crippen LogP) is 13.9. The molecule has 0 atom stereocenters. The first-order chi connectivity index (χ1) is 28.2. The maximum absolute atomic E-state index is 6.53. The lowest BCUT2D eigenvalue weighted by molar-refractivity contribution is 0.669. The molecule has 5 nitrogen and oxygen atoms in total. The Labute approximate surface area is 330 Å². The van der Waals surface area contributed by atoms with Gasteiger partial charge < -0.3 is 8.98 Å². The Morgan fingerprint density at radius 2 is 1.00 bits per heavy atom. The SMILES string of the molecule is c1ccc(-c2nc(-c3ccccc3)nc(-c3ccc4c(c3)oc3ccc(-c5cccc6sc7c(-n8c9ccccc9c9ccccc98)cccc7c56)cc34)n2)cc1. The van der Waals surface area contributed by atoms with E-state index in [4.69, 9.17) is 19.4 Å². The molecule has 12 aromatic rings. The van der Waals surface area contributed by atoms with Gasteiger partial charge in [-0.2, -0.15) is 0 Å². The molecule has 266 valence electrons. The third kappa shape index (κ3) is 5.04.